The molecule has 114 valence electrons. The van der Waals surface area contributed by atoms with Crippen LogP contribution in [0.3, 0.4) is 0 Å². The second-order valence-corrected chi connectivity index (χ2v) is 5.28. The van der Waals surface area contributed by atoms with Gasteiger partial charge in [0, 0.05) is 37.6 Å². The maximum atomic E-state index is 9.98. The van der Waals surface area contributed by atoms with Gasteiger partial charge in [-0.15, -0.1) is 0 Å². The number of rotatable bonds is 6. The maximum absolute atomic E-state index is 9.98. The average molecular weight is 284 g/mol. The van der Waals surface area contributed by atoms with Crippen LogP contribution in [0.15, 0.2) is 17.0 Å². The lowest BCUT2D eigenvalue weighted by atomic mass is 9.99. The van der Waals surface area contributed by atoms with E-state index in [1.165, 1.54) is 0 Å². The highest BCUT2D eigenvalue weighted by Gasteiger charge is 2.36. The number of aliphatic hydroxyl groups is 2. The Morgan fingerprint density at radius 2 is 2.25 bits per heavy atom. The van der Waals surface area contributed by atoms with E-state index in [-0.39, 0.29) is 12.1 Å². The molecule has 0 bridgehead atoms. The van der Waals surface area contributed by atoms with E-state index in [2.05, 4.69) is 11.8 Å². The minimum absolute atomic E-state index is 0.0789. The minimum atomic E-state index is -1.13. The predicted octanol–water partition coefficient (Wildman–Crippen LogP) is -1.57. The summed E-state index contributed by atoms with van der Waals surface area (Å²) in [6.45, 7) is 5.96. The molecule has 8 heteroatoms. The van der Waals surface area contributed by atoms with Crippen molar-refractivity contribution in [3.63, 3.8) is 0 Å². The van der Waals surface area contributed by atoms with Crippen LogP contribution < -0.4 is 5.73 Å². The summed E-state index contributed by atoms with van der Waals surface area (Å²) in [5.41, 5.74) is 6.57. The Morgan fingerprint density at radius 3 is 2.85 bits per heavy atom. The molecule has 0 aliphatic carbocycles. The lowest BCUT2D eigenvalue weighted by molar-refractivity contribution is -0.231. The molecule has 1 aliphatic rings. The Morgan fingerprint density at radius 1 is 1.60 bits per heavy atom. The number of nitrogens with zero attached hydrogens (tertiary/aromatic N) is 3. The van der Waals surface area contributed by atoms with Gasteiger partial charge in [0.15, 0.2) is 6.29 Å². The molecule has 0 aromatic carbocycles. The number of hydrazone groups is 1. The van der Waals surface area contributed by atoms with E-state index in [1.807, 2.05) is 18.9 Å². The molecule has 7 nitrogen and oxygen atoms in total. The number of nitrogens with two attached hydrogens (primary N) is 1. The van der Waals surface area contributed by atoms with Gasteiger partial charge in [0.2, 0.25) is 7.98 Å². The fourth-order valence-electron chi connectivity index (χ4n) is 2.30. The zero-order chi connectivity index (χ0) is 15.3. The lowest BCUT2D eigenvalue weighted by Crippen LogP contribution is -2.54. The Bertz CT molecular complexity index is 356. The van der Waals surface area contributed by atoms with Gasteiger partial charge in [-0.1, -0.05) is 0 Å². The Hall–Kier alpha value is -1.09. The van der Waals surface area contributed by atoms with Crippen LogP contribution in [0.25, 0.3) is 0 Å². The van der Waals surface area contributed by atoms with Crippen molar-refractivity contribution in [2.45, 2.75) is 44.3 Å². The summed E-state index contributed by atoms with van der Waals surface area (Å²) in [7, 11) is 3.66. The summed E-state index contributed by atoms with van der Waals surface area (Å²) >= 11 is 0. The molecule has 0 aromatic heterocycles. The van der Waals surface area contributed by atoms with E-state index >= 15 is 0 Å². The summed E-state index contributed by atoms with van der Waals surface area (Å²) in [5, 5.41) is 23.3. The number of likely N-dealkylation sites (N-methyl/N-ethyl adjacent to an activating group) is 1. The molecular formula is C12H25BN4O3. The zero-order valence-corrected chi connectivity index (χ0v) is 12.4. The van der Waals surface area contributed by atoms with Crippen LogP contribution in [0.2, 0.25) is 0 Å². The molecular weight excluding hydrogens is 259 g/mol. The van der Waals surface area contributed by atoms with E-state index in [0.717, 1.165) is 0 Å². The first-order valence-corrected chi connectivity index (χ1v) is 6.72. The Labute approximate surface area is 121 Å². The zero-order valence-electron chi connectivity index (χ0n) is 12.4. The van der Waals surface area contributed by atoms with Gasteiger partial charge in [-0.2, -0.15) is 0 Å². The highest BCUT2D eigenvalue weighted by molar-refractivity contribution is 6.04. The summed E-state index contributed by atoms with van der Waals surface area (Å²) in [4.78, 5) is 3.54. The van der Waals surface area contributed by atoms with Crippen molar-refractivity contribution in [1.29, 1.82) is 0 Å². The van der Waals surface area contributed by atoms with Crippen molar-refractivity contribution in [2.75, 3.05) is 13.6 Å². The monoisotopic (exact) mass is 284 g/mol. The number of aliphatic hydroxyl groups excluding tert-OH is 2. The summed E-state index contributed by atoms with van der Waals surface area (Å²) in [5.74, 6) is 0. The van der Waals surface area contributed by atoms with Gasteiger partial charge in [0.05, 0.1) is 6.10 Å². The van der Waals surface area contributed by atoms with Crippen molar-refractivity contribution < 1.29 is 14.9 Å². The summed E-state index contributed by atoms with van der Waals surface area (Å²) in [6.07, 6.45) is 0.912. The van der Waals surface area contributed by atoms with E-state index in [4.69, 9.17) is 10.5 Å². The molecule has 4 atom stereocenters. The molecule has 1 fully saturated rings. The van der Waals surface area contributed by atoms with Crippen LogP contribution in [0.5, 0.6) is 0 Å². The quantitative estimate of drug-likeness (QED) is 0.310. The fraction of sp³-hybridized carbons (Fsp3) is 0.750. The van der Waals surface area contributed by atoms with Crippen LogP contribution in [0.1, 0.15) is 19.8 Å². The minimum Gasteiger partial charge on any atom is -0.401 e. The molecule has 1 aliphatic heterocycles. The summed E-state index contributed by atoms with van der Waals surface area (Å²) in [6, 6.07) is -0.142. The van der Waals surface area contributed by atoms with Crippen molar-refractivity contribution in [1.82, 2.24) is 9.82 Å². The predicted molar refractivity (Wildman–Crippen MR) is 80.4 cm³/mol. The first-order valence-electron chi connectivity index (χ1n) is 6.72. The molecule has 4 N–H and O–H groups in total. The van der Waals surface area contributed by atoms with Crippen LogP contribution in [-0.4, -0.2) is 72.9 Å². The smallest absolute Gasteiger partial charge is 0.248 e. The third-order valence-electron chi connectivity index (χ3n) is 3.53. The van der Waals surface area contributed by atoms with Crippen LogP contribution in [0, 0.1) is 0 Å². The molecule has 0 spiro atoms. The molecule has 0 unspecified atom stereocenters. The number of ether oxygens (including phenoxy) is 1. The van der Waals surface area contributed by atoms with E-state index in [0.29, 0.717) is 25.1 Å². The van der Waals surface area contributed by atoms with Gasteiger partial charge >= 0.3 is 0 Å². The van der Waals surface area contributed by atoms with Gasteiger partial charge < -0.3 is 30.5 Å². The van der Waals surface area contributed by atoms with Crippen molar-refractivity contribution in [2.24, 2.45) is 10.8 Å². The van der Waals surface area contributed by atoms with Gasteiger partial charge in [-0.3, -0.25) is 0 Å². The first-order chi connectivity index (χ1) is 9.35. The van der Waals surface area contributed by atoms with E-state index < -0.39 is 12.4 Å². The normalized spacial score (nSPS) is 31.4. The van der Waals surface area contributed by atoms with Crippen LogP contribution in [0.4, 0.5) is 0 Å². The standard InChI is InChI=1S/C12H25BN4O3/c1-8-6-10(11(18)12(19)20-8)16(3)5-4-9(14)7-17(13)15-2/h7-8,10-12,18-19H,2,4-6,13-14H2,1,3H3/b9-7-/t8-,10+,11-,12-/m1/s1. The topological polar surface area (TPSA) is 94.6 Å². The Balaban J connectivity index is 2.51. The van der Waals surface area contributed by atoms with Gasteiger partial charge in [0.25, 0.3) is 0 Å². The molecule has 1 heterocycles. The second-order valence-electron chi connectivity index (χ2n) is 5.28. The van der Waals surface area contributed by atoms with Gasteiger partial charge in [-0.25, -0.2) is 5.10 Å². The average Bonchev–Trinajstić information content (AvgIpc) is 2.39. The highest BCUT2D eigenvalue weighted by atomic mass is 16.6. The third kappa shape index (κ3) is 4.79. The number of hydrogen-bond donors (Lipinski definition) is 3. The maximum Gasteiger partial charge on any atom is 0.248 e. The highest BCUT2D eigenvalue weighted by Crippen LogP contribution is 2.22. The largest absolute Gasteiger partial charge is 0.401 e. The van der Waals surface area contributed by atoms with E-state index in [1.54, 1.807) is 19.1 Å². The first kappa shape index (κ1) is 17.0. The molecule has 0 saturated carbocycles. The molecule has 1 rings (SSSR count). The number of hydrogen-bond acceptors (Lipinski definition) is 7. The van der Waals surface area contributed by atoms with Crippen molar-refractivity contribution in [3.8, 4) is 0 Å². The summed E-state index contributed by atoms with van der Waals surface area (Å²) < 4.78 is 5.19. The lowest BCUT2D eigenvalue weighted by Gasteiger charge is -2.40. The van der Waals surface area contributed by atoms with Crippen molar-refractivity contribution in [3.05, 3.63) is 11.9 Å². The SMILES string of the molecule is BN(/C=C(\N)CCN(C)[C@H]1C[C@@H](C)O[C@@H](O)[C@@H]1O)N=C. The molecule has 20 heavy (non-hydrogen) atoms. The Kier molecular flexibility index (Phi) is 6.48. The van der Waals surface area contributed by atoms with Gasteiger partial charge in [0.1, 0.15) is 6.10 Å². The fourth-order valence-corrected chi connectivity index (χ4v) is 2.30. The van der Waals surface area contributed by atoms with Crippen LogP contribution in [-0.2, 0) is 4.74 Å². The van der Waals surface area contributed by atoms with Gasteiger partial charge in [-0.05, 0) is 20.4 Å². The molecule has 0 radical (unpaired) electrons. The molecule has 0 aromatic rings. The second kappa shape index (κ2) is 7.63. The molecule has 0 amide bonds. The van der Waals surface area contributed by atoms with Crippen molar-refractivity contribution >= 4 is 14.7 Å². The van der Waals surface area contributed by atoms with E-state index in [9.17, 15) is 10.2 Å². The third-order valence-corrected chi connectivity index (χ3v) is 3.53. The van der Waals surface area contributed by atoms with Crippen LogP contribution >= 0.6 is 0 Å². The molecule has 1 saturated heterocycles.